The zero-order valence-electron chi connectivity index (χ0n) is 25.8. The van der Waals surface area contributed by atoms with Gasteiger partial charge in [-0.15, -0.1) is 0 Å². The maximum Gasteiger partial charge on any atom is 0.101 e. The first-order valence-electron chi connectivity index (χ1n) is 15.9. The topological polar surface area (TPSA) is 57.4 Å². The van der Waals surface area contributed by atoms with Crippen molar-refractivity contribution in [1.29, 1.82) is 10.5 Å². The van der Waals surface area contributed by atoms with Gasteiger partial charge in [0.05, 0.1) is 50.6 Å². The lowest BCUT2D eigenvalue weighted by molar-refractivity contribution is 1.17. The fourth-order valence-electron chi connectivity index (χ4n) is 7.24. The highest BCUT2D eigenvalue weighted by molar-refractivity contribution is 6.11. The van der Waals surface area contributed by atoms with Gasteiger partial charge in [-0.2, -0.15) is 10.5 Å². The van der Waals surface area contributed by atoms with Crippen molar-refractivity contribution in [2.45, 2.75) is 0 Å². The van der Waals surface area contributed by atoms with Gasteiger partial charge < -0.3 is 9.13 Å². The average molecular weight is 611 g/mol. The lowest BCUT2D eigenvalue weighted by Gasteiger charge is -2.15. The summed E-state index contributed by atoms with van der Waals surface area (Å²) in [5, 5.41) is 24.4. The Hall–Kier alpha value is -6.88. The zero-order valence-corrected chi connectivity index (χ0v) is 25.8. The molecule has 0 amide bonds. The largest absolute Gasteiger partial charge is 0.309 e. The van der Waals surface area contributed by atoms with E-state index in [9.17, 15) is 10.5 Å². The minimum Gasteiger partial charge on any atom is -0.309 e. The average Bonchev–Trinajstić information content (AvgIpc) is 3.67. The van der Waals surface area contributed by atoms with Crippen molar-refractivity contribution in [2.75, 3.05) is 0 Å². The van der Waals surface area contributed by atoms with E-state index < -0.39 is 0 Å². The Morgan fingerprint density at radius 2 is 0.896 bits per heavy atom. The Labute approximate surface area is 277 Å². The van der Waals surface area contributed by atoms with Crippen LogP contribution in [0.25, 0.3) is 77.2 Å². The summed E-state index contributed by atoms with van der Waals surface area (Å²) in [4.78, 5) is 0. The predicted octanol–water partition coefficient (Wildman–Crippen LogP) is 11.0. The number of hydrogen-bond donors (Lipinski definition) is 0. The Kier molecular flexibility index (Phi) is 6.22. The minimum atomic E-state index is 0.624. The van der Waals surface area contributed by atoms with E-state index in [0.29, 0.717) is 11.1 Å². The maximum absolute atomic E-state index is 10.3. The van der Waals surface area contributed by atoms with Gasteiger partial charge in [-0.05, 0) is 71.3 Å². The van der Waals surface area contributed by atoms with Crippen molar-refractivity contribution in [2.24, 2.45) is 0 Å². The van der Waals surface area contributed by atoms with Gasteiger partial charge >= 0.3 is 0 Å². The molecule has 0 aliphatic rings. The Morgan fingerprint density at radius 3 is 1.54 bits per heavy atom. The number of benzene rings is 7. The molecule has 0 saturated carbocycles. The van der Waals surface area contributed by atoms with Crippen molar-refractivity contribution in [1.82, 2.24) is 9.13 Å². The molecule has 0 spiro atoms. The summed E-state index contributed by atoms with van der Waals surface area (Å²) in [7, 11) is 0. The predicted molar refractivity (Wildman–Crippen MR) is 195 cm³/mol. The number of nitrogens with zero attached hydrogens (tertiary/aromatic N) is 4. The molecule has 2 heterocycles. The smallest absolute Gasteiger partial charge is 0.101 e. The van der Waals surface area contributed by atoms with Crippen LogP contribution < -0.4 is 0 Å². The number of aromatic nitrogens is 2. The summed E-state index contributed by atoms with van der Waals surface area (Å²) >= 11 is 0. The first-order chi connectivity index (χ1) is 23.7. The van der Waals surface area contributed by atoms with Crippen LogP contribution >= 0.6 is 0 Å². The monoisotopic (exact) mass is 610 g/mol. The molecule has 48 heavy (non-hydrogen) atoms. The molecule has 222 valence electrons. The second-order valence-electron chi connectivity index (χ2n) is 12.0. The van der Waals surface area contributed by atoms with Crippen LogP contribution in [0.5, 0.6) is 0 Å². The van der Waals surface area contributed by atoms with Gasteiger partial charge in [-0.1, -0.05) is 103 Å². The molecule has 2 aromatic heterocycles. The molecule has 0 aliphatic carbocycles. The quantitative estimate of drug-likeness (QED) is 0.199. The summed E-state index contributed by atoms with van der Waals surface area (Å²) < 4.78 is 4.49. The van der Waals surface area contributed by atoms with E-state index in [1.165, 1.54) is 10.8 Å². The third kappa shape index (κ3) is 4.14. The molecule has 9 aromatic rings. The first kappa shape index (κ1) is 27.4. The SMILES string of the molecule is N#Cc1ccc2c(c1)c1ccccc1n2-c1ccccc1-c1ccc(-c2ccc(-n3c4ccccc4c4ccccc43)c(C#N)c2)cc1. The zero-order chi connectivity index (χ0) is 32.2. The summed E-state index contributed by atoms with van der Waals surface area (Å²) in [6.45, 7) is 0. The molecule has 7 aromatic carbocycles. The molecule has 0 atom stereocenters. The van der Waals surface area contributed by atoms with Gasteiger partial charge in [-0.25, -0.2) is 0 Å². The van der Waals surface area contributed by atoms with E-state index in [0.717, 1.165) is 66.5 Å². The first-order valence-corrected chi connectivity index (χ1v) is 15.9. The normalized spacial score (nSPS) is 11.3. The number of nitriles is 2. The fourth-order valence-corrected chi connectivity index (χ4v) is 7.24. The van der Waals surface area contributed by atoms with E-state index in [2.05, 4.69) is 137 Å². The molecule has 0 bridgehead atoms. The third-order valence-corrected chi connectivity index (χ3v) is 9.41. The molecule has 0 unspecified atom stereocenters. The summed E-state index contributed by atoms with van der Waals surface area (Å²) in [6.07, 6.45) is 0. The van der Waals surface area contributed by atoms with E-state index in [4.69, 9.17) is 0 Å². The number of fused-ring (bicyclic) bond motifs is 6. The van der Waals surface area contributed by atoms with Crippen LogP contribution in [0.4, 0.5) is 0 Å². The third-order valence-electron chi connectivity index (χ3n) is 9.41. The van der Waals surface area contributed by atoms with Crippen molar-refractivity contribution >= 4 is 43.6 Å². The van der Waals surface area contributed by atoms with Gasteiger partial charge in [0.2, 0.25) is 0 Å². The lowest BCUT2D eigenvalue weighted by atomic mass is 9.97. The van der Waals surface area contributed by atoms with Crippen molar-refractivity contribution < 1.29 is 0 Å². The van der Waals surface area contributed by atoms with E-state index in [-0.39, 0.29) is 0 Å². The molecule has 0 radical (unpaired) electrons. The molecule has 9 rings (SSSR count). The van der Waals surface area contributed by atoms with Crippen LogP contribution in [-0.4, -0.2) is 9.13 Å². The fraction of sp³-hybridized carbons (Fsp3) is 0. The highest BCUT2D eigenvalue weighted by Gasteiger charge is 2.17. The highest BCUT2D eigenvalue weighted by Crippen LogP contribution is 2.38. The van der Waals surface area contributed by atoms with Crippen LogP contribution in [0.2, 0.25) is 0 Å². The van der Waals surface area contributed by atoms with Gasteiger partial charge in [0, 0.05) is 27.1 Å². The Morgan fingerprint density at radius 1 is 0.375 bits per heavy atom. The van der Waals surface area contributed by atoms with E-state index in [1.54, 1.807) is 0 Å². The maximum atomic E-state index is 10.3. The van der Waals surface area contributed by atoms with Crippen LogP contribution in [0, 0.1) is 22.7 Å². The minimum absolute atomic E-state index is 0.624. The summed E-state index contributed by atoms with van der Waals surface area (Å²) in [6, 6.07) is 58.9. The number of rotatable bonds is 4. The second-order valence-corrected chi connectivity index (χ2v) is 12.0. The van der Waals surface area contributed by atoms with Gasteiger partial charge in [0.25, 0.3) is 0 Å². The molecular formula is C44H26N4. The van der Waals surface area contributed by atoms with Gasteiger partial charge in [0.1, 0.15) is 6.07 Å². The molecule has 4 nitrogen and oxygen atoms in total. The Balaban J connectivity index is 1.13. The van der Waals surface area contributed by atoms with Crippen LogP contribution in [0.1, 0.15) is 11.1 Å². The lowest BCUT2D eigenvalue weighted by Crippen LogP contribution is -1.98. The standard InChI is InChI=1S/C44H26N4/c45-27-29-17-23-44-38(25-29)37-12-4-8-16-43(37)48(44)40-13-5-1-9-34(40)31-20-18-30(19-21-31)32-22-24-39(33(26-32)28-46)47-41-14-6-2-10-35(41)36-11-3-7-15-42(36)47/h1-26H. The van der Waals surface area contributed by atoms with Crippen molar-refractivity contribution in [3.05, 3.63) is 169 Å². The second kappa shape index (κ2) is 10.9. The Bertz CT molecular complexity index is 2750. The van der Waals surface area contributed by atoms with Gasteiger partial charge in [0.15, 0.2) is 0 Å². The molecule has 0 saturated heterocycles. The summed E-state index contributed by atoms with van der Waals surface area (Å²) in [5.41, 5.74) is 11.8. The molecule has 0 aliphatic heterocycles. The molecule has 4 heteroatoms. The molecule has 0 fully saturated rings. The molecular weight excluding hydrogens is 585 g/mol. The van der Waals surface area contributed by atoms with Crippen molar-refractivity contribution in [3.8, 4) is 45.8 Å². The number of hydrogen-bond acceptors (Lipinski definition) is 2. The summed E-state index contributed by atoms with van der Waals surface area (Å²) in [5.74, 6) is 0. The van der Waals surface area contributed by atoms with Crippen LogP contribution in [0.15, 0.2) is 158 Å². The van der Waals surface area contributed by atoms with E-state index >= 15 is 0 Å². The number of para-hydroxylation sites is 4. The highest BCUT2D eigenvalue weighted by atomic mass is 15.0. The van der Waals surface area contributed by atoms with Gasteiger partial charge in [-0.3, -0.25) is 0 Å². The van der Waals surface area contributed by atoms with Crippen LogP contribution in [-0.2, 0) is 0 Å². The van der Waals surface area contributed by atoms with E-state index in [1.807, 2.05) is 42.5 Å². The van der Waals surface area contributed by atoms with Crippen molar-refractivity contribution in [3.63, 3.8) is 0 Å². The molecule has 0 N–H and O–H groups in total. The van der Waals surface area contributed by atoms with Crippen LogP contribution in [0.3, 0.4) is 0 Å².